The van der Waals surface area contributed by atoms with Crippen LogP contribution in [-0.2, 0) is 32.4 Å². The molecular weight excluding hydrogens is 394 g/mol. The van der Waals surface area contributed by atoms with Crippen LogP contribution in [0, 0.1) is 0 Å². The molecule has 0 atom stereocenters. The van der Waals surface area contributed by atoms with Gasteiger partial charge in [-0.2, -0.15) is 0 Å². The van der Waals surface area contributed by atoms with Crippen molar-refractivity contribution < 1.29 is 22.7 Å². The predicted molar refractivity (Wildman–Crippen MR) is 108 cm³/mol. The maximum Gasteiger partial charge on any atom is 0.409 e. The molecule has 9 heteroatoms. The number of amides is 2. The van der Waals surface area contributed by atoms with E-state index in [1.165, 1.54) is 12.7 Å². The molecule has 1 aromatic carbocycles. The van der Waals surface area contributed by atoms with E-state index in [-0.39, 0.29) is 23.8 Å². The van der Waals surface area contributed by atoms with Crippen molar-refractivity contribution >= 4 is 22.0 Å². The van der Waals surface area contributed by atoms with E-state index in [0.717, 1.165) is 31.2 Å². The quantitative estimate of drug-likeness (QED) is 0.775. The standard InChI is InChI=1S/C20H29N3O5S/c1-28-20(25)23-12-4-11-22(13-14-23)19(24)9-10-21-29(26,27)18-8-7-16-5-2-3-6-17(16)15-18/h7-8,15,21H,2-6,9-14H2,1H3. The van der Waals surface area contributed by atoms with Gasteiger partial charge in [-0.25, -0.2) is 17.9 Å². The van der Waals surface area contributed by atoms with E-state index in [9.17, 15) is 18.0 Å². The van der Waals surface area contributed by atoms with Gasteiger partial charge in [0.1, 0.15) is 0 Å². The lowest BCUT2D eigenvalue weighted by Gasteiger charge is -2.21. The van der Waals surface area contributed by atoms with Crippen LogP contribution in [0.2, 0.25) is 0 Å². The van der Waals surface area contributed by atoms with Crippen molar-refractivity contribution in [2.24, 2.45) is 0 Å². The Morgan fingerprint density at radius 3 is 2.45 bits per heavy atom. The van der Waals surface area contributed by atoms with Crippen molar-refractivity contribution in [3.05, 3.63) is 29.3 Å². The number of nitrogens with one attached hydrogen (secondary N) is 1. The predicted octanol–water partition coefficient (Wildman–Crippen LogP) is 1.53. The van der Waals surface area contributed by atoms with Crippen LogP contribution in [0.5, 0.6) is 0 Å². The summed E-state index contributed by atoms with van der Waals surface area (Å²) in [5.41, 5.74) is 2.34. The molecule has 1 aliphatic heterocycles. The first kappa shape index (κ1) is 21.6. The highest BCUT2D eigenvalue weighted by Gasteiger charge is 2.23. The van der Waals surface area contributed by atoms with E-state index < -0.39 is 16.1 Å². The number of methoxy groups -OCH3 is 1. The Bertz CT molecular complexity index is 856. The average Bonchev–Trinajstić information content (AvgIpc) is 2.99. The molecule has 160 valence electrons. The third-order valence-electron chi connectivity index (χ3n) is 5.54. The van der Waals surface area contributed by atoms with Crippen LogP contribution in [0.1, 0.15) is 36.8 Å². The Balaban J connectivity index is 1.51. The van der Waals surface area contributed by atoms with Crippen LogP contribution in [-0.4, -0.2) is 70.1 Å². The highest BCUT2D eigenvalue weighted by Crippen LogP contribution is 2.24. The molecule has 1 aliphatic carbocycles. The number of hydrogen-bond donors (Lipinski definition) is 1. The summed E-state index contributed by atoms with van der Waals surface area (Å²) in [6.07, 6.45) is 4.51. The first-order chi connectivity index (χ1) is 13.9. The van der Waals surface area contributed by atoms with Crippen LogP contribution in [0.4, 0.5) is 4.79 Å². The molecule has 0 bridgehead atoms. The van der Waals surface area contributed by atoms with E-state index in [1.807, 2.05) is 6.07 Å². The topological polar surface area (TPSA) is 96.0 Å². The minimum absolute atomic E-state index is 0.0511. The molecule has 3 rings (SSSR count). The summed E-state index contributed by atoms with van der Waals surface area (Å²) >= 11 is 0. The third kappa shape index (κ3) is 5.48. The van der Waals surface area contributed by atoms with Gasteiger partial charge in [0.15, 0.2) is 0 Å². The van der Waals surface area contributed by atoms with Crippen LogP contribution >= 0.6 is 0 Å². The zero-order chi connectivity index (χ0) is 20.9. The van der Waals surface area contributed by atoms with Crippen molar-refractivity contribution in [1.82, 2.24) is 14.5 Å². The number of nitrogens with zero attached hydrogens (tertiary/aromatic N) is 2. The molecule has 1 fully saturated rings. The molecule has 1 heterocycles. The summed E-state index contributed by atoms with van der Waals surface area (Å²) in [5.74, 6) is -0.121. The summed E-state index contributed by atoms with van der Waals surface area (Å²) in [6.45, 7) is 1.98. The van der Waals surface area contributed by atoms with Gasteiger partial charge in [0.05, 0.1) is 12.0 Å². The number of benzene rings is 1. The number of carbonyl (C=O) groups is 2. The summed E-state index contributed by atoms with van der Waals surface area (Å²) < 4.78 is 32.4. The molecular formula is C20H29N3O5S. The highest BCUT2D eigenvalue weighted by molar-refractivity contribution is 7.89. The fourth-order valence-corrected chi connectivity index (χ4v) is 4.97. The Morgan fingerprint density at radius 1 is 1.00 bits per heavy atom. The van der Waals surface area contributed by atoms with Crippen LogP contribution < -0.4 is 4.72 Å². The summed E-state index contributed by atoms with van der Waals surface area (Å²) in [6, 6.07) is 5.30. The highest BCUT2D eigenvalue weighted by atomic mass is 32.2. The summed E-state index contributed by atoms with van der Waals surface area (Å²) in [5, 5.41) is 0. The second-order valence-corrected chi connectivity index (χ2v) is 9.24. The second kappa shape index (κ2) is 9.58. The van der Waals surface area contributed by atoms with E-state index in [2.05, 4.69) is 4.72 Å². The van der Waals surface area contributed by atoms with Gasteiger partial charge in [-0.05, 0) is 55.4 Å². The van der Waals surface area contributed by atoms with E-state index in [1.54, 1.807) is 21.9 Å². The Kier molecular flexibility index (Phi) is 7.13. The molecule has 1 N–H and O–H groups in total. The molecule has 0 saturated carbocycles. The van der Waals surface area contributed by atoms with Gasteiger partial charge >= 0.3 is 6.09 Å². The molecule has 0 radical (unpaired) electrons. The minimum Gasteiger partial charge on any atom is -0.453 e. The number of carbonyl (C=O) groups excluding carboxylic acids is 2. The van der Waals surface area contributed by atoms with Gasteiger partial charge in [-0.15, -0.1) is 0 Å². The molecule has 8 nitrogen and oxygen atoms in total. The second-order valence-electron chi connectivity index (χ2n) is 7.48. The van der Waals surface area contributed by atoms with E-state index in [4.69, 9.17) is 4.74 Å². The molecule has 0 aromatic heterocycles. The van der Waals surface area contributed by atoms with Crippen molar-refractivity contribution in [3.63, 3.8) is 0 Å². The summed E-state index contributed by atoms with van der Waals surface area (Å²) in [7, 11) is -2.30. The van der Waals surface area contributed by atoms with Crippen molar-refractivity contribution in [3.8, 4) is 0 Å². The van der Waals surface area contributed by atoms with Gasteiger partial charge in [-0.3, -0.25) is 4.79 Å². The Labute approximate surface area is 172 Å². The third-order valence-corrected chi connectivity index (χ3v) is 7.00. The normalized spacial score (nSPS) is 17.4. The lowest BCUT2D eigenvalue weighted by molar-refractivity contribution is -0.130. The fraction of sp³-hybridized carbons (Fsp3) is 0.600. The number of hydrogen-bond acceptors (Lipinski definition) is 5. The molecule has 29 heavy (non-hydrogen) atoms. The molecule has 2 amide bonds. The molecule has 1 aromatic rings. The van der Waals surface area contributed by atoms with Gasteiger partial charge in [0.25, 0.3) is 0 Å². The lowest BCUT2D eigenvalue weighted by Crippen LogP contribution is -2.38. The number of aryl methyl sites for hydroxylation is 2. The monoisotopic (exact) mass is 423 g/mol. The number of fused-ring (bicyclic) bond motifs is 1. The van der Waals surface area contributed by atoms with Gasteiger partial charge < -0.3 is 14.5 Å². The SMILES string of the molecule is COC(=O)N1CCCN(C(=O)CCNS(=O)(=O)c2ccc3c(c2)CCCC3)CC1. The maximum atomic E-state index is 12.6. The van der Waals surface area contributed by atoms with Crippen LogP contribution in [0.25, 0.3) is 0 Å². The van der Waals surface area contributed by atoms with E-state index in [0.29, 0.717) is 32.6 Å². The Hall–Kier alpha value is -2.13. The molecule has 2 aliphatic rings. The first-order valence-electron chi connectivity index (χ1n) is 10.1. The lowest BCUT2D eigenvalue weighted by atomic mass is 9.92. The van der Waals surface area contributed by atoms with Crippen molar-refractivity contribution in [2.45, 2.75) is 43.4 Å². The smallest absolute Gasteiger partial charge is 0.409 e. The first-order valence-corrected chi connectivity index (χ1v) is 11.6. The number of sulfonamides is 1. The van der Waals surface area contributed by atoms with Crippen molar-refractivity contribution in [1.29, 1.82) is 0 Å². The average molecular weight is 424 g/mol. The van der Waals surface area contributed by atoms with Gasteiger partial charge in [0.2, 0.25) is 15.9 Å². The van der Waals surface area contributed by atoms with E-state index >= 15 is 0 Å². The van der Waals surface area contributed by atoms with Gasteiger partial charge in [-0.1, -0.05) is 6.07 Å². The van der Waals surface area contributed by atoms with Crippen LogP contribution in [0.3, 0.4) is 0 Å². The molecule has 0 spiro atoms. The van der Waals surface area contributed by atoms with Crippen molar-refractivity contribution in [2.75, 3.05) is 39.8 Å². The largest absolute Gasteiger partial charge is 0.453 e. The minimum atomic E-state index is -3.64. The summed E-state index contributed by atoms with van der Waals surface area (Å²) in [4.78, 5) is 27.6. The molecule has 0 unspecified atom stereocenters. The zero-order valence-electron chi connectivity index (χ0n) is 16.9. The number of rotatable bonds is 5. The maximum absolute atomic E-state index is 12.6. The molecule has 1 saturated heterocycles. The number of ether oxygens (including phenoxy) is 1. The van der Waals surface area contributed by atoms with Gasteiger partial charge in [0, 0.05) is 39.1 Å². The fourth-order valence-electron chi connectivity index (χ4n) is 3.89. The zero-order valence-corrected chi connectivity index (χ0v) is 17.7. The van der Waals surface area contributed by atoms with Crippen LogP contribution in [0.15, 0.2) is 23.1 Å². The Morgan fingerprint density at radius 2 is 1.69 bits per heavy atom.